The van der Waals surface area contributed by atoms with Crippen LogP contribution in [0.4, 0.5) is 5.69 Å². The maximum Gasteiger partial charge on any atom is 0.325 e. The van der Waals surface area contributed by atoms with Crippen LogP contribution in [-0.4, -0.2) is 56.1 Å². The van der Waals surface area contributed by atoms with Crippen molar-refractivity contribution in [2.45, 2.75) is 12.5 Å². The van der Waals surface area contributed by atoms with Crippen molar-refractivity contribution >= 4 is 68.8 Å². The number of anilines is 1. The molecule has 1 rings (SSSR count). The molecule has 0 aliphatic heterocycles. The highest BCUT2D eigenvalue weighted by atomic mass is 127. The van der Waals surface area contributed by atoms with Gasteiger partial charge in [0.25, 0.3) is 0 Å². The summed E-state index contributed by atoms with van der Waals surface area (Å²) in [6.45, 7) is 1.77. The number of alkyl halides is 2. The van der Waals surface area contributed by atoms with Crippen molar-refractivity contribution in [3.8, 4) is 5.75 Å². The fourth-order valence-electron chi connectivity index (χ4n) is 2.14. The number of carboxylic acid groups (broad SMARTS) is 2. The Kier molecular flexibility index (Phi) is 10.2. The second-order valence-electron chi connectivity index (χ2n) is 5.35. The molecule has 0 heterocycles. The van der Waals surface area contributed by atoms with Crippen LogP contribution in [0.5, 0.6) is 5.75 Å². The lowest BCUT2D eigenvalue weighted by molar-refractivity contribution is -0.153. The Bertz CT molecular complexity index is 620. The molecule has 0 radical (unpaired) electrons. The number of aliphatic carboxylic acids is 2. The first-order valence-corrected chi connectivity index (χ1v) is 10.7. The Morgan fingerprint density at radius 3 is 2.00 bits per heavy atom. The van der Waals surface area contributed by atoms with Crippen LogP contribution in [0.1, 0.15) is 6.42 Å². The molecular formula is C16H20I2N2O6. The molecule has 0 aliphatic carbocycles. The van der Waals surface area contributed by atoms with Crippen LogP contribution in [0.3, 0.4) is 0 Å². The highest BCUT2D eigenvalue weighted by molar-refractivity contribution is 14.1. The van der Waals surface area contributed by atoms with E-state index in [-0.39, 0.29) is 5.75 Å². The highest BCUT2D eigenvalue weighted by Crippen LogP contribution is 2.21. The van der Waals surface area contributed by atoms with Gasteiger partial charge in [0.15, 0.2) is 5.92 Å². The molecule has 0 aromatic heterocycles. The van der Waals surface area contributed by atoms with Gasteiger partial charge in [0.05, 0.1) is 0 Å². The molecule has 0 saturated heterocycles. The van der Waals surface area contributed by atoms with Gasteiger partial charge >= 0.3 is 17.9 Å². The third kappa shape index (κ3) is 7.23. The summed E-state index contributed by atoms with van der Waals surface area (Å²) in [6.07, 6.45) is -0.541. The zero-order valence-corrected chi connectivity index (χ0v) is 18.1. The molecule has 1 unspecified atom stereocenters. The van der Waals surface area contributed by atoms with Crippen LogP contribution < -0.4 is 15.4 Å². The summed E-state index contributed by atoms with van der Waals surface area (Å²) in [4.78, 5) is 36.3. The maximum atomic E-state index is 12.1. The fraction of sp³-hybridized carbons (Fsp3) is 0.438. The minimum atomic E-state index is -1.64. The summed E-state index contributed by atoms with van der Waals surface area (Å²) < 4.78 is 7.02. The molecule has 144 valence electrons. The molecular weight excluding hydrogens is 570 g/mol. The van der Waals surface area contributed by atoms with E-state index in [1.54, 1.807) is 24.3 Å². The topological polar surface area (TPSA) is 130 Å². The molecule has 26 heavy (non-hydrogen) atoms. The number of benzene rings is 1. The number of esters is 1. The maximum absolute atomic E-state index is 12.1. The van der Waals surface area contributed by atoms with Crippen LogP contribution >= 0.6 is 45.2 Å². The number of halogens is 2. The summed E-state index contributed by atoms with van der Waals surface area (Å²) in [7, 11) is 0. The number of nitrogens with two attached hydrogens (primary N) is 1. The average molecular weight is 590 g/mol. The van der Waals surface area contributed by atoms with Gasteiger partial charge in [-0.3, -0.25) is 14.4 Å². The van der Waals surface area contributed by atoms with Gasteiger partial charge in [-0.1, -0.05) is 45.2 Å². The van der Waals surface area contributed by atoms with Crippen LogP contribution in [0.15, 0.2) is 24.3 Å². The minimum absolute atomic E-state index is 0.192. The lowest BCUT2D eigenvalue weighted by atomic mass is 10.0. The predicted molar refractivity (Wildman–Crippen MR) is 113 cm³/mol. The summed E-state index contributed by atoms with van der Waals surface area (Å²) in [5.41, 5.74) is 6.29. The number of carbonyl (C=O) groups is 3. The quantitative estimate of drug-likeness (QED) is 0.117. The molecule has 0 fully saturated rings. The second kappa shape index (κ2) is 11.5. The van der Waals surface area contributed by atoms with E-state index in [1.165, 1.54) is 0 Å². The van der Waals surface area contributed by atoms with Crippen molar-refractivity contribution in [2.24, 2.45) is 11.7 Å². The lowest BCUT2D eigenvalue weighted by Crippen LogP contribution is -2.38. The van der Waals surface area contributed by atoms with Crippen molar-refractivity contribution in [3.63, 3.8) is 0 Å². The molecule has 2 atom stereocenters. The van der Waals surface area contributed by atoms with E-state index >= 15 is 0 Å². The third-order valence-electron chi connectivity index (χ3n) is 3.52. The number of hydrogen-bond donors (Lipinski definition) is 3. The summed E-state index contributed by atoms with van der Waals surface area (Å²) in [5, 5.41) is 17.9. The first-order valence-electron chi connectivity index (χ1n) is 7.70. The Labute approximate surface area is 178 Å². The lowest BCUT2D eigenvalue weighted by Gasteiger charge is -2.23. The Morgan fingerprint density at radius 2 is 1.58 bits per heavy atom. The van der Waals surface area contributed by atoms with E-state index in [1.807, 2.05) is 0 Å². The average Bonchev–Trinajstić information content (AvgIpc) is 2.59. The largest absolute Gasteiger partial charge is 0.481 e. The molecule has 10 heteroatoms. The van der Waals surface area contributed by atoms with Crippen LogP contribution in [-0.2, 0) is 14.4 Å². The number of ether oxygens (including phenoxy) is 1. The standard InChI is InChI=1S/C16H20I2N2O6/c17-5-7-20(8-6-18)10-1-3-11(4-2-10)26-16(25)12(14(21)22)9-13(19)15(23)24/h1-4,12-13H,5-9,19H2,(H,21,22)(H,23,24)/t12?,13-/m0/s1. The zero-order valence-electron chi connectivity index (χ0n) is 13.8. The van der Waals surface area contributed by atoms with Gasteiger partial charge in [-0.25, -0.2) is 0 Å². The van der Waals surface area contributed by atoms with Crippen molar-refractivity contribution in [1.29, 1.82) is 0 Å². The molecule has 1 aromatic rings. The van der Waals surface area contributed by atoms with Crippen molar-refractivity contribution in [1.82, 2.24) is 0 Å². The first-order chi connectivity index (χ1) is 12.3. The number of carbonyl (C=O) groups excluding carboxylic acids is 1. The van der Waals surface area contributed by atoms with E-state index in [9.17, 15) is 14.4 Å². The van der Waals surface area contributed by atoms with Gasteiger partial charge in [-0.2, -0.15) is 0 Å². The molecule has 1 aromatic carbocycles. The molecule has 0 bridgehead atoms. The summed E-state index contributed by atoms with van der Waals surface area (Å²) in [5.74, 6) is -5.34. The van der Waals surface area contributed by atoms with E-state index in [2.05, 4.69) is 50.1 Å². The van der Waals surface area contributed by atoms with Gasteiger partial charge in [0.2, 0.25) is 0 Å². The van der Waals surface area contributed by atoms with Gasteiger partial charge in [-0.05, 0) is 30.7 Å². The van der Waals surface area contributed by atoms with Gasteiger partial charge < -0.3 is 25.6 Å². The molecule has 0 aliphatic rings. The highest BCUT2D eigenvalue weighted by Gasteiger charge is 2.32. The van der Waals surface area contributed by atoms with Crippen molar-refractivity contribution < 1.29 is 29.3 Å². The molecule has 4 N–H and O–H groups in total. The predicted octanol–water partition coefficient (Wildman–Crippen LogP) is 1.77. The van der Waals surface area contributed by atoms with Crippen molar-refractivity contribution in [3.05, 3.63) is 24.3 Å². The Hall–Kier alpha value is -1.15. The molecule has 0 spiro atoms. The van der Waals surface area contributed by atoms with Crippen LogP contribution in [0, 0.1) is 5.92 Å². The minimum Gasteiger partial charge on any atom is -0.481 e. The van der Waals surface area contributed by atoms with Crippen LogP contribution in [0.25, 0.3) is 0 Å². The Balaban J connectivity index is 2.81. The zero-order chi connectivity index (χ0) is 19.7. The summed E-state index contributed by atoms with van der Waals surface area (Å²) in [6, 6.07) is 5.29. The smallest absolute Gasteiger partial charge is 0.325 e. The number of rotatable bonds is 11. The van der Waals surface area contributed by atoms with E-state index in [4.69, 9.17) is 20.7 Å². The number of nitrogens with zero attached hydrogens (tertiary/aromatic N) is 1. The fourth-order valence-corrected chi connectivity index (χ4v) is 3.30. The van der Waals surface area contributed by atoms with Crippen LogP contribution in [0.2, 0.25) is 0 Å². The van der Waals surface area contributed by atoms with E-state index < -0.39 is 36.3 Å². The number of carboxylic acids is 2. The molecule has 8 nitrogen and oxygen atoms in total. The van der Waals surface area contributed by atoms with E-state index in [0.717, 1.165) is 27.6 Å². The van der Waals surface area contributed by atoms with Crippen molar-refractivity contribution in [2.75, 3.05) is 26.8 Å². The van der Waals surface area contributed by atoms with Gasteiger partial charge in [0.1, 0.15) is 11.8 Å². The second-order valence-corrected chi connectivity index (χ2v) is 7.51. The van der Waals surface area contributed by atoms with Gasteiger partial charge in [-0.15, -0.1) is 0 Å². The molecule has 0 amide bonds. The molecule has 0 saturated carbocycles. The normalized spacial score (nSPS) is 12.9. The monoisotopic (exact) mass is 590 g/mol. The van der Waals surface area contributed by atoms with E-state index in [0.29, 0.717) is 0 Å². The Morgan fingerprint density at radius 1 is 1.04 bits per heavy atom. The first kappa shape index (κ1) is 22.9. The summed E-state index contributed by atoms with van der Waals surface area (Å²) >= 11 is 4.60. The SMILES string of the molecule is N[C@@H](CC(C(=O)O)C(=O)Oc1ccc(N(CCI)CCI)cc1)C(=O)O. The third-order valence-corrected chi connectivity index (χ3v) is 4.48. The number of hydrogen-bond acceptors (Lipinski definition) is 6. The van der Waals surface area contributed by atoms with Gasteiger partial charge in [0, 0.05) is 27.6 Å².